The summed E-state index contributed by atoms with van der Waals surface area (Å²) in [5.74, 6) is -2.70. The number of hydrogen-bond acceptors (Lipinski definition) is 3. The van der Waals surface area contributed by atoms with E-state index in [0.29, 0.717) is 12.8 Å². The van der Waals surface area contributed by atoms with Crippen molar-refractivity contribution in [3.05, 3.63) is 42.0 Å². The molecule has 1 aliphatic rings. The average molecular weight is 272 g/mol. The number of carbonyl (C=O) groups is 2. The number of hydrogen-bond donors (Lipinski definition) is 1. The van der Waals surface area contributed by atoms with Crippen molar-refractivity contribution in [3.8, 4) is 0 Å². The minimum atomic E-state index is -1.15. The van der Waals surface area contributed by atoms with Crippen LogP contribution in [-0.4, -0.2) is 11.9 Å². The molecule has 1 aromatic carbocycles. The molecule has 0 aliphatic heterocycles. The van der Waals surface area contributed by atoms with Crippen molar-refractivity contribution in [1.82, 2.24) is 0 Å². The zero-order chi connectivity index (χ0) is 14.5. The van der Waals surface area contributed by atoms with Crippen LogP contribution in [0.1, 0.15) is 25.3 Å². The average Bonchev–Trinajstić information content (AvgIpc) is 2.47. The Morgan fingerprint density at radius 1 is 1.20 bits per heavy atom. The third-order valence-electron chi connectivity index (χ3n) is 3.73. The van der Waals surface area contributed by atoms with Crippen molar-refractivity contribution in [2.45, 2.75) is 26.2 Å². The fraction of sp³-hybridized carbons (Fsp3) is 0.375. The van der Waals surface area contributed by atoms with Crippen molar-refractivity contribution >= 4 is 17.6 Å². The van der Waals surface area contributed by atoms with E-state index in [0.717, 1.165) is 17.7 Å². The van der Waals surface area contributed by atoms with Gasteiger partial charge < -0.3 is 15.2 Å². The molecular weight excluding hydrogens is 254 g/mol. The predicted octanol–water partition coefficient (Wildman–Crippen LogP) is 1.52. The predicted molar refractivity (Wildman–Crippen MR) is 74.8 cm³/mol. The largest absolute Gasteiger partial charge is 0.550 e. The number of rotatable bonds is 4. The van der Waals surface area contributed by atoms with E-state index in [-0.39, 0.29) is 5.91 Å². The van der Waals surface area contributed by atoms with Gasteiger partial charge in [0.15, 0.2) is 0 Å². The lowest BCUT2D eigenvalue weighted by molar-refractivity contribution is -0.313. The molecule has 20 heavy (non-hydrogen) atoms. The Morgan fingerprint density at radius 2 is 1.85 bits per heavy atom. The van der Waals surface area contributed by atoms with Gasteiger partial charge in [0.25, 0.3) is 0 Å². The highest BCUT2D eigenvalue weighted by atomic mass is 16.4. The first-order valence-electron chi connectivity index (χ1n) is 6.88. The van der Waals surface area contributed by atoms with E-state index in [2.05, 4.69) is 5.32 Å². The van der Waals surface area contributed by atoms with Gasteiger partial charge in [-0.15, -0.1) is 0 Å². The van der Waals surface area contributed by atoms with E-state index in [1.54, 1.807) is 6.08 Å². The summed E-state index contributed by atoms with van der Waals surface area (Å²) < 4.78 is 0. The fourth-order valence-electron chi connectivity index (χ4n) is 2.54. The van der Waals surface area contributed by atoms with Crippen molar-refractivity contribution in [3.63, 3.8) is 0 Å². The topological polar surface area (TPSA) is 69.2 Å². The van der Waals surface area contributed by atoms with E-state index in [1.807, 2.05) is 37.3 Å². The molecule has 106 valence electrons. The number of nitrogens with one attached hydrogen (secondary N) is 1. The first-order valence-corrected chi connectivity index (χ1v) is 6.88. The van der Waals surface area contributed by atoms with E-state index < -0.39 is 17.8 Å². The second-order valence-electron chi connectivity index (χ2n) is 4.97. The van der Waals surface area contributed by atoms with Crippen LogP contribution < -0.4 is 10.4 Å². The summed E-state index contributed by atoms with van der Waals surface area (Å²) in [6.07, 6.45) is 5.26. The summed E-state index contributed by atoms with van der Waals surface area (Å²) in [6.45, 7) is 2.01. The van der Waals surface area contributed by atoms with Crippen LogP contribution in [0.15, 0.2) is 36.4 Å². The van der Waals surface area contributed by atoms with Crippen LogP contribution in [-0.2, 0) is 16.0 Å². The molecule has 0 radical (unpaired) electrons. The molecule has 0 spiro atoms. The number of para-hydroxylation sites is 1. The molecule has 0 bridgehead atoms. The molecule has 0 saturated heterocycles. The molecule has 2 rings (SSSR count). The Hall–Kier alpha value is -2.10. The summed E-state index contributed by atoms with van der Waals surface area (Å²) in [7, 11) is 0. The van der Waals surface area contributed by atoms with Crippen LogP contribution in [0.5, 0.6) is 0 Å². The van der Waals surface area contributed by atoms with Gasteiger partial charge in [-0.2, -0.15) is 0 Å². The summed E-state index contributed by atoms with van der Waals surface area (Å²) >= 11 is 0. The molecule has 1 aromatic rings. The molecule has 0 saturated carbocycles. The maximum atomic E-state index is 12.3. The van der Waals surface area contributed by atoms with Gasteiger partial charge in [0.2, 0.25) is 5.91 Å². The van der Waals surface area contributed by atoms with Gasteiger partial charge in [-0.25, -0.2) is 0 Å². The van der Waals surface area contributed by atoms with Gasteiger partial charge in [0.05, 0.1) is 5.92 Å². The second kappa shape index (κ2) is 6.37. The summed E-state index contributed by atoms with van der Waals surface area (Å²) in [4.78, 5) is 23.4. The lowest BCUT2D eigenvalue weighted by atomic mass is 9.82. The molecule has 0 fully saturated rings. The molecular formula is C16H18NO3-. The normalized spacial score (nSPS) is 21.4. The highest BCUT2D eigenvalue weighted by Gasteiger charge is 2.29. The number of benzene rings is 1. The van der Waals surface area contributed by atoms with E-state index >= 15 is 0 Å². The van der Waals surface area contributed by atoms with Crippen molar-refractivity contribution < 1.29 is 14.7 Å². The Morgan fingerprint density at radius 3 is 2.50 bits per heavy atom. The molecule has 0 unspecified atom stereocenters. The van der Waals surface area contributed by atoms with Crippen molar-refractivity contribution in [1.29, 1.82) is 0 Å². The number of amides is 1. The number of carbonyl (C=O) groups excluding carboxylic acids is 2. The van der Waals surface area contributed by atoms with Crippen LogP contribution >= 0.6 is 0 Å². The number of carboxylic acid groups (broad SMARTS) is 1. The summed E-state index contributed by atoms with van der Waals surface area (Å²) in [5, 5.41) is 14.0. The van der Waals surface area contributed by atoms with Crippen LogP contribution in [0, 0.1) is 11.8 Å². The van der Waals surface area contributed by atoms with E-state index in [1.165, 1.54) is 0 Å². The lowest BCUT2D eigenvalue weighted by Gasteiger charge is -2.28. The quantitative estimate of drug-likeness (QED) is 0.845. The molecule has 1 amide bonds. The van der Waals surface area contributed by atoms with Crippen LogP contribution in [0.25, 0.3) is 0 Å². The van der Waals surface area contributed by atoms with Gasteiger partial charge in [0, 0.05) is 17.6 Å². The Labute approximate surface area is 118 Å². The van der Waals surface area contributed by atoms with Crippen LogP contribution in [0.3, 0.4) is 0 Å². The summed E-state index contributed by atoms with van der Waals surface area (Å²) in [5.41, 5.74) is 1.80. The fourth-order valence-corrected chi connectivity index (χ4v) is 2.54. The maximum Gasteiger partial charge on any atom is 0.228 e. The maximum absolute atomic E-state index is 12.3. The van der Waals surface area contributed by atoms with Gasteiger partial charge in [-0.3, -0.25) is 4.79 Å². The highest BCUT2D eigenvalue weighted by Crippen LogP contribution is 2.27. The number of aliphatic carboxylic acids is 1. The molecule has 4 heteroatoms. The lowest BCUT2D eigenvalue weighted by Crippen LogP contribution is -2.41. The zero-order valence-corrected chi connectivity index (χ0v) is 11.5. The zero-order valence-electron chi connectivity index (χ0n) is 11.5. The van der Waals surface area contributed by atoms with Crippen LogP contribution in [0.4, 0.5) is 5.69 Å². The van der Waals surface area contributed by atoms with Gasteiger partial charge in [-0.05, 0) is 30.9 Å². The third kappa shape index (κ3) is 3.07. The van der Waals surface area contributed by atoms with E-state index in [9.17, 15) is 14.7 Å². The first-order chi connectivity index (χ1) is 9.63. The molecule has 1 aliphatic carbocycles. The Balaban J connectivity index is 2.14. The minimum Gasteiger partial charge on any atom is -0.550 e. The summed E-state index contributed by atoms with van der Waals surface area (Å²) in [6, 6.07) is 7.56. The molecule has 4 nitrogen and oxygen atoms in total. The molecule has 1 N–H and O–H groups in total. The molecule has 2 atom stereocenters. The Kier molecular flexibility index (Phi) is 4.56. The van der Waals surface area contributed by atoms with Gasteiger partial charge in [-0.1, -0.05) is 37.3 Å². The Bertz CT molecular complexity index is 536. The second-order valence-corrected chi connectivity index (χ2v) is 4.97. The molecule has 0 aromatic heterocycles. The first kappa shape index (κ1) is 14.3. The van der Waals surface area contributed by atoms with E-state index in [4.69, 9.17) is 0 Å². The smallest absolute Gasteiger partial charge is 0.228 e. The van der Waals surface area contributed by atoms with Crippen LogP contribution in [0.2, 0.25) is 0 Å². The SMILES string of the molecule is CCc1ccccc1NC(=O)[C@@H]1CC=CC[C@H]1C(=O)[O-]. The van der Waals surface area contributed by atoms with Crippen molar-refractivity contribution in [2.24, 2.45) is 11.8 Å². The minimum absolute atomic E-state index is 0.246. The number of anilines is 1. The monoisotopic (exact) mass is 272 g/mol. The number of allylic oxidation sites excluding steroid dienone is 2. The number of carboxylic acids is 1. The van der Waals surface area contributed by atoms with Gasteiger partial charge in [0.1, 0.15) is 0 Å². The van der Waals surface area contributed by atoms with Crippen molar-refractivity contribution in [2.75, 3.05) is 5.32 Å². The highest BCUT2D eigenvalue weighted by molar-refractivity contribution is 5.95. The third-order valence-corrected chi connectivity index (χ3v) is 3.73. The number of aryl methyl sites for hydroxylation is 1. The molecule has 0 heterocycles. The standard InChI is InChI=1S/C16H19NO3/c1-2-11-7-3-6-10-14(11)17-15(18)12-8-4-5-9-13(12)16(19)20/h3-7,10,12-13H,2,8-9H2,1H3,(H,17,18)(H,19,20)/p-1/t12-,13-/m1/s1. The van der Waals surface area contributed by atoms with Gasteiger partial charge >= 0.3 is 0 Å².